The number of benzene rings is 1. The molecule has 0 atom stereocenters. The van der Waals surface area contributed by atoms with Crippen molar-refractivity contribution in [2.75, 3.05) is 22.3 Å². The number of hydrogen-bond acceptors (Lipinski definition) is 4. The Morgan fingerprint density at radius 3 is 2.63 bits per heavy atom. The molecule has 0 spiro atoms. The molecule has 6 nitrogen and oxygen atoms in total. The Labute approximate surface area is 109 Å². The molecule has 104 valence electrons. The van der Waals surface area contributed by atoms with Gasteiger partial charge in [0.1, 0.15) is 0 Å². The van der Waals surface area contributed by atoms with Gasteiger partial charge in [0.2, 0.25) is 10.0 Å². The number of nitrogens with zero attached hydrogens (tertiary/aromatic N) is 1. The highest BCUT2D eigenvalue weighted by atomic mass is 32.2. The first kappa shape index (κ1) is 13.6. The summed E-state index contributed by atoms with van der Waals surface area (Å²) >= 11 is 0. The fraction of sp³-hybridized carbons (Fsp3) is 0.364. The minimum atomic E-state index is -3.60. The summed E-state index contributed by atoms with van der Waals surface area (Å²) in [6.07, 6.45) is 0.373. The van der Waals surface area contributed by atoms with Gasteiger partial charge in [-0.3, -0.25) is 4.31 Å². The van der Waals surface area contributed by atoms with E-state index in [1.54, 1.807) is 0 Å². The van der Waals surface area contributed by atoms with Crippen LogP contribution in [0, 0.1) is 12.7 Å². The first-order chi connectivity index (χ1) is 8.75. The molecular weight excluding hydrogens is 275 g/mol. The Kier molecular flexibility index (Phi) is 3.13. The van der Waals surface area contributed by atoms with Crippen molar-refractivity contribution in [2.24, 2.45) is 0 Å². The quantitative estimate of drug-likeness (QED) is 0.789. The van der Waals surface area contributed by atoms with Gasteiger partial charge in [-0.25, -0.2) is 17.6 Å². The second-order valence-corrected chi connectivity index (χ2v) is 6.36. The lowest BCUT2D eigenvalue weighted by molar-refractivity contribution is 0.0692. The minimum Gasteiger partial charge on any atom is -0.478 e. The summed E-state index contributed by atoms with van der Waals surface area (Å²) in [6, 6.07) is 0.999. The second-order valence-electron chi connectivity index (χ2n) is 4.35. The molecule has 0 radical (unpaired) electrons. The highest BCUT2D eigenvalue weighted by Gasteiger charge is 2.33. The molecular formula is C11H13FN2O4S. The zero-order chi connectivity index (χ0) is 14.4. The smallest absolute Gasteiger partial charge is 0.338 e. The highest BCUT2D eigenvalue weighted by molar-refractivity contribution is 7.93. The predicted molar refractivity (Wildman–Crippen MR) is 68.3 cm³/mol. The number of halogens is 1. The SMILES string of the molecule is Cc1c(N)cc(C(=O)O)c(F)c1N1CCCS1(=O)=O. The van der Waals surface area contributed by atoms with Crippen molar-refractivity contribution in [3.05, 3.63) is 23.0 Å². The van der Waals surface area contributed by atoms with Gasteiger partial charge in [-0.05, 0) is 25.0 Å². The number of nitrogen functional groups attached to an aromatic ring is 1. The summed E-state index contributed by atoms with van der Waals surface area (Å²) in [4.78, 5) is 11.0. The molecule has 3 N–H and O–H groups in total. The lowest BCUT2D eigenvalue weighted by Gasteiger charge is -2.21. The summed E-state index contributed by atoms with van der Waals surface area (Å²) in [7, 11) is -3.60. The summed E-state index contributed by atoms with van der Waals surface area (Å²) in [5.74, 6) is -2.63. The van der Waals surface area contributed by atoms with Crippen molar-refractivity contribution in [3.8, 4) is 0 Å². The molecule has 0 bridgehead atoms. The van der Waals surface area contributed by atoms with Crippen LogP contribution >= 0.6 is 0 Å². The van der Waals surface area contributed by atoms with Gasteiger partial charge in [0.05, 0.1) is 17.0 Å². The summed E-state index contributed by atoms with van der Waals surface area (Å²) in [5, 5.41) is 8.91. The average Bonchev–Trinajstić information content (AvgIpc) is 2.64. The molecule has 0 aliphatic carbocycles. The Morgan fingerprint density at radius 1 is 1.53 bits per heavy atom. The van der Waals surface area contributed by atoms with Crippen LogP contribution in [0.2, 0.25) is 0 Å². The Hall–Kier alpha value is -1.83. The van der Waals surface area contributed by atoms with Gasteiger partial charge in [-0.15, -0.1) is 0 Å². The van der Waals surface area contributed by atoms with Crippen LogP contribution in [0.5, 0.6) is 0 Å². The van der Waals surface area contributed by atoms with Crippen molar-refractivity contribution in [1.82, 2.24) is 0 Å². The predicted octanol–water partition coefficient (Wildman–Crippen LogP) is 0.954. The van der Waals surface area contributed by atoms with Crippen LogP contribution in [-0.4, -0.2) is 31.8 Å². The molecule has 1 aromatic rings. The summed E-state index contributed by atoms with van der Waals surface area (Å²) in [5.41, 5.74) is 5.03. The Balaban J connectivity index is 2.73. The van der Waals surface area contributed by atoms with E-state index in [2.05, 4.69) is 0 Å². The van der Waals surface area contributed by atoms with Crippen LogP contribution in [0.15, 0.2) is 6.07 Å². The molecule has 1 heterocycles. The lowest BCUT2D eigenvalue weighted by Crippen LogP contribution is -2.28. The van der Waals surface area contributed by atoms with Crippen molar-refractivity contribution >= 4 is 27.4 Å². The molecule has 19 heavy (non-hydrogen) atoms. The molecule has 1 aliphatic rings. The van der Waals surface area contributed by atoms with E-state index in [4.69, 9.17) is 10.8 Å². The Bertz CT molecular complexity index is 657. The average molecular weight is 288 g/mol. The largest absolute Gasteiger partial charge is 0.478 e. The maximum Gasteiger partial charge on any atom is 0.338 e. The lowest BCUT2D eigenvalue weighted by atomic mass is 10.1. The minimum absolute atomic E-state index is 0.0518. The monoisotopic (exact) mass is 288 g/mol. The van der Waals surface area contributed by atoms with Crippen molar-refractivity contribution in [1.29, 1.82) is 0 Å². The van der Waals surface area contributed by atoms with Gasteiger partial charge in [0, 0.05) is 12.2 Å². The number of carboxylic acid groups (broad SMARTS) is 1. The van der Waals surface area contributed by atoms with Gasteiger partial charge in [0.15, 0.2) is 5.82 Å². The number of aromatic carboxylic acids is 1. The molecule has 0 aromatic heterocycles. The van der Waals surface area contributed by atoms with Gasteiger partial charge in [-0.1, -0.05) is 0 Å². The van der Waals surface area contributed by atoms with Crippen molar-refractivity contribution < 1.29 is 22.7 Å². The van der Waals surface area contributed by atoms with Crippen molar-refractivity contribution in [3.63, 3.8) is 0 Å². The fourth-order valence-electron chi connectivity index (χ4n) is 2.10. The number of rotatable bonds is 2. The van der Waals surface area contributed by atoms with E-state index >= 15 is 0 Å². The van der Waals surface area contributed by atoms with Crippen LogP contribution in [0.4, 0.5) is 15.8 Å². The molecule has 0 saturated carbocycles. The van der Waals surface area contributed by atoms with Crippen LogP contribution < -0.4 is 10.0 Å². The number of anilines is 2. The van der Waals surface area contributed by atoms with E-state index in [9.17, 15) is 17.6 Å². The zero-order valence-corrected chi connectivity index (χ0v) is 11.0. The Morgan fingerprint density at radius 2 is 2.16 bits per heavy atom. The molecule has 2 rings (SSSR count). The van der Waals surface area contributed by atoms with E-state index in [1.807, 2.05) is 0 Å². The van der Waals surface area contributed by atoms with Gasteiger partial charge < -0.3 is 10.8 Å². The summed E-state index contributed by atoms with van der Waals surface area (Å²) < 4.78 is 38.8. The van der Waals surface area contributed by atoms with Crippen LogP contribution in [0.3, 0.4) is 0 Å². The molecule has 1 saturated heterocycles. The highest BCUT2D eigenvalue weighted by Crippen LogP contribution is 2.35. The number of carbonyl (C=O) groups is 1. The van der Waals surface area contributed by atoms with Crippen LogP contribution in [0.25, 0.3) is 0 Å². The topological polar surface area (TPSA) is 101 Å². The van der Waals surface area contributed by atoms with Gasteiger partial charge in [0.25, 0.3) is 0 Å². The first-order valence-corrected chi connectivity index (χ1v) is 7.19. The number of carboxylic acids is 1. The summed E-state index contributed by atoms with van der Waals surface area (Å²) in [6.45, 7) is 1.59. The fourth-order valence-corrected chi connectivity index (χ4v) is 3.72. The molecule has 0 unspecified atom stereocenters. The molecule has 1 fully saturated rings. The number of nitrogens with two attached hydrogens (primary N) is 1. The van der Waals surface area contributed by atoms with E-state index < -0.39 is 27.4 Å². The third-order valence-electron chi connectivity index (χ3n) is 3.11. The molecule has 1 aromatic carbocycles. The number of sulfonamides is 1. The van der Waals surface area contributed by atoms with E-state index in [-0.39, 0.29) is 29.2 Å². The molecule has 8 heteroatoms. The van der Waals surface area contributed by atoms with Crippen LogP contribution in [0.1, 0.15) is 22.3 Å². The maximum absolute atomic E-state index is 14.2. The zero-order valence-electron chi connectivity index (χ0n) is 10.2. The number of hydrogen-bond donors (Lipinski definition) is 2. The first-order valence-electron chi connectivity index (χ1n) is 5.58. The van der Waals surface area contributed by atoms with E-state index in [0.29, 0.717) is 6.42 Å². The van der Waals surface area contributed by atoms with E-state index in [1.165, 1.54) is 6.92 Å². The van der Waals surface area contributed by atoms with Gasteiger partial charge >= 0.3 is 5.97 Å². The third-order valence-corrected chi connectivity index (χ3v) is 4.95. The second kappa shape index (κ2) is 4.37. The van der Waals surface area contributed by atoms with Crippen LogP contribution in [-0.2, 0) is 10.0 Å². The van der Waals surface area contributed by atoms with Gasteiger partial charge in [-0.2, -0.15) is 0 Å². The van der Waals surface area contributed by atoms with E-state index in [0.717, 1.165) is 10.4 Å². The third kappa shape index (κ3) is 2.12. The maximum atomic E-state index is 14.2. The standard InChI is InChI=1S/C11H13FN2O4S/c1-6-8(13)5-7(11(15)16)9(12)10(6)14-3-2-4-19(14,17)18/h5H,2-4,13H2,1H3,(H,15,16). The normalized spacial score (nSPS) is 17.7. The molecule has 0 amide bonds. The van der Waals surface area contributed by atoms with Crippen molar-refractivity contribution in [2.45, 2.75) is 13.3 Å². The molecule has 1 aliphatic heterocycles.